The molecule has 2 aromatic carbocycles. The molecule has 25 heavy (non-hydrogen) atoms. The number of carbonyl (C=O) groups excluding carboxylic acids is 1. The first kappa shape index (κ1) is 18.3. The van der Waals surface area contributed by atoms with Gasteiger partial charge in [0.1, 0.15) is 0 Å². The molecule has 1 N–H and O–H groups in total. The Balaban J connectivity index is 1.74. The molecule has 1 aliphatic carbocycles. The van der Waals surface area contributed by atoms with E-state index in [4.69, 9.17) is 0 Å². The van der Waals surface area contributed by atoms with Crippen molar-refractivity contribution in [2.75, 3.05) is 24.9 Å². The monoisotopic (exact) mass is 419 g/mol. The Kier molecular flexibility index (Phi) is 5.41. The molecule has 4 nitrogen and oxygen atoms in total. The van der Waals surface area contributed by atoms with Crippen molar-refractivity contribution >= 4 is 40.5 Å². The van der Waals surface area contributed by atoms with Crippen LogP contribution in [0.3, 0.4) is 0 Å². The molecule has 0 saturated carbocycles. The molecule has 0 heterocycles. The molecule has 1 aliphatic rings. The van der Waals surface area contributed by atoms with Gasteiger partial charge in [-0.1, -0.05) is 40.9 Å². The lowest BCUT2D eigenvalue weighted by molar-refractivity contribution is 0.243. The average Bonchev–Trinajstić information content (AvgIpc) is 2.94. The Morgan fingerprint density at radius 2 is 1.84 bits per heavy atom. The van der Waals surface area contributed by atoms with Crippen molar-refractivity contribution in [3.8, 4) is 11.1 Å². The zero-order chi connectivity index (χ0) is 18.1. The van der Waals surface area contributed by atoms with Crippen molar-refractivity contribution in [2.24, 2.45) is 0 Å². The Labute approximate surface area is 162 Å². The third kappa shape index (κ3) is 3.86. The molecule has 132 valence electrons. The van der Waals surface area contributed by atoms with E-state index in [2.05, 4.69) is 70.2 Å². The van der Waals surface area contributed by atoms with Crippen molar-refractivity contribution in [1.29, 1.82) is 0 Å². The average molecular weight is 420 g/mol. The number of nitrogens with one attached hydrogen (secondary N) is 1. The molecule has 0 bridgehead atoms. The molecule has 6 heteroatoms. The van der Waals surface area contributed by atoms with E-state index in [-0.39, 0.29) is 12.1 Å². The van der Waals surface area contributed by atoms with Gasteiger partial charge in [0, 0.05) is 17.1 Å². The highest BCUT2D eigenvalue weighted by Crippen LogP contribution is 2.39. The molecule has 0 spiro atoms. The standard InChI is InChI=1S/C19H22BrN3OS/c1-12(22(2)3)11-21-19(24)23(25)16-5-7-18-14(10-16)8-13-9-15(20)4-6-17(13)18/h4-7,9-10,12,25H,8,11H2,1-3H3,(H,21,24). The van der Waals surface area contributed by atoms with Crippen LogP contribution in [0.2, 0.25) is 0 Å². The predicted molar refractivity (Wildman–Crippen MR) is 110 cm³/mol. The lowest BCUT2D eigenvalue weighted by atomic mass is 10.1. The first-order valence-electron chi connectivity index (χ1n) is 8.22. The molecule has 0 aromatic heterocycles. The SMILES string of the molecule is CC(CNC(=O)N(S)c1ccc2c(c1)Cc1cc(Br)ccc1-2)N(C)C. The molecule has 0 saturated heterocycles. The molecule has 2 amide bonds. The summed E-state index contributed by atoms with van der Waals surface area (Å²) in [4.78, 5) is 14.4. The molecule has 3 rings (SSSR count). The maximum atomic E-state index is 12.3. The topological polar surface area (TPSA) is 35.6 Å². The third-order valence-corrected chi connectivity index (χ3v) is 5.60. The minimum atomic E-state index is -0.213. The maximum absolute atomic E-state index is 12.3. The zero-order valence-corrected chi connectivity index (χ0v) is 17.1. The van der Waals surface area contributed by atoms with Crippen LogP contribution in [-0.2, 0) is 6.42 Å². The highest BCUT2D eigenvalue weighted by molar-refractivity contribution is 9.10. The van der Waals surface area contributed by atoms with E-state index in [1.165, 1.54) is 26.6 Å². The van der Waals surface area contributed by atoms with E-state index in [0.29, 0.717) is 6.54 Å². The van der Waals surface area contributed by atoms with Gasteiger partial charge < -0.3 is 10.2 Å². The Hall–Kier alpha value is -1.50. The fourth-order valence-electron chi connectivity index (χ4n) is 2.91. The minimum absolute atomic E-state index is 0.213. The van der Waals surface area contributed by atoms with Crippen LogP contribution in [-0.4, -0.2) is 37.6 Å². The number of fused-ring (bicyclic) bond motifs is 3. The van der Waals surface area contributed by atoms with Crippen LogP contribution in [0.15, 0.2) is 40.9 Å². The largest absolute Gasteiger partial charge is 0.335 e. The number of anilines is 1. The van der Waals surface area contributed by atoms with Gasteiger partial charge in [0.15, 0.2) is 0 Å². The van der Waals surface area contributed by atoms with Crippen molar-refractivity contribution in [2.45, 2.75) is 19.4 Å². The van der Waals surface area contributed by atoms with E-state index < -0.39 is 0 Å². The number of urea groups is 1. The van der Waals surface area contributed by atoms with Crippen LogP contribution in [0.1, 0.15) is 18.1 Å². The predicted octanol–water partition coefficient (Wildman–Crippen LogP) is 4.33. The smallest absolute Gasteiger partial charge is 0.331 e. The minimum Gasteiger partial charge on any atom is -0.335 e. The van der Waals surface area contributed by atoms with Crippen molar-refractivity contribution in [1.82, 2.24) is 10.2 Å². The van der Waals surface area contributed by atoms with Crippen LogP contribution in [0.4, 0.5) is 10.5 Å². The molecular weight excluding hydrogens is 398 g/mol. The fraction of sp³-hybridized carbons (Fsp3) is 0.316. The molecular formula is C19H22BrN3OS. The van der Waals surface area contributed by atoms with Crippen LogP contribution in [0, 0.1) is 0 Å². The summed E-state index contributed by atoms with van der Waals surface area (Å²) in [7, 11) is 3.98. The summed E-state index contributed by atoms with van der Waals surface area (Å²) in [5.41, 5.74) is 5.80. The van der Waals surface area contributed by atoms with Gasteiger partial charge in [-0.25, -0.2) is 9.10 Å². The van der Waals surface area contributed by atoms with Crippen LogP contribution in [0.25, 0.3) is 11.1 Å². The highest BCUT2D eigenvalue weighted by atomic mass is 79.9. The quantitative estimate of drug-likeness (QED) is 0.617. The number of benzene rings is 2. The van der Waals surface area contributed by atoms with Crippen molar-refractivity contribution < 1.29 is 4.79 Å². The number of nitrogens with zero attached hydrogens (tertiary/aromatic N) is 2. The van der Waals surface area contributed by atoms with E-state index in [1.807, 2.05) is 26.2 Å². The number of halogens is 1. The lowest BCUT2D eigenvalue weighted by Crippen LogP contribution is -2.42. The van der Waals surface area contributed by atoms with Gasteiger partial charge in [0.05, 0.1) is 5.69 Å². The summed E-state index contributed by atoms with van der Waals surface area (Å²) in [6.07, 6.45) is 0.874. The summed E-state index contributed by atoms with van der Waals surface area (Å²) in [6, 6.07) is 12.5. The van der Waals surface area contributed by atoms with Crippen LogP contribution >= 0.6 is 28.7 Å². The van der Waals surface area contributed by atoms with Crippen LogP contribution in [0.5, 0.6) is 0 Å². The van der Waals surface area contributed by atoms with E-state index in [1.54, 1.807) is 0 Å². The number of amides is 2. The molecule has 1 unspecified atom stereocenters. The van der Waals surface area contributed by atoms with E-state index in [9.17, 15) is 4.79 Å². The Morgan fingerprint density at radius 1 is 1.20 bits per heavy atom. The Morgan fingerprint density at radius 3 is 2.52 bits per heavy atom. The summed E-state index contributed by atoms with van der Waals surface area (Å²) >= 11 is 7.92. The van der Waals surface area contributed by atoms with E-state index in [0.717, 1.165) is 16.6 Å². The second-order valence-electron chi connectivity index (χ2n) is 6.63. The second-order valence-corrected chi connectivity index (χ2v) is 7.95. The van der Waals surface area contributed by atoms with E-state index >= 15 is 0 Å². The number of rotatable bonds is 4. The fourth-order valence-corrected chi connectivity index (χ4v) is 3.51. The molecule has 0 radical (unpaired) electrons. The van der Waals surface area contributed by atoms with Gasteiger partial charge >= 0.3 is 6.03 Å². The first-order valence-corrected chi connectivity index (χ1v) is 9.41. The normalized spacial score (nSPS) is 13.4. The van der Waals surface area contributed by atoms with Gasteiger partial charge in [-0.15, -0.1) is 0 Å². The second kappa shape index (κ2) is 7.40. The van der Waals surface area contributed by atoms with Gasteiger partial charge in [-0.05, 0) is 74.0 Å². The summed E-state index contributed by atoms with van der Waals surface area (Å²) < 4.78 is 2.46. The molecule has 0 fully saturated rings. The summed E-state index contributed by atoms with van der Waals surface area (Å²) in [5.74, 6) is 0. The molecule has 2 aromatic rings. The highest BCUT2D eigenvalue weighted by Gasteiger charge is 2.21. The number of hydrogen-bond acceptors (Lipinski definition) is 3. The lowest BCUT2D eigenvalue weighted by Gasteiger charge is -2.22. The number of carbonyl (C=O) groups is 1. The van der Waals surface area contributed by atoms with Gasteiger partial charge in [-0.2, -0.15) is 0 Å². The summed E-state index contributed by atoms with van der Waals surface area (Å²) in [6.45, 7) is 2.64. The van der Waals surface area contributed by atoms with Crippen molar-refractivity contribution in [3.05, 3.63) is 52.0 Å². The zero-order valence-electron chi connectivity index (χ0n) is 14.6. The molecule has 1 atom stereocenters. The molecule has 0 aliphatic heterocycles. The Bertz CT molecular complexity index is 809. The van der Waals surface area contributed by atoms with Gasteiger partial charge in [0.2, 0.25) is 0 Å². The first-order chi connectivity index (χ1) is 11.9. The number of hydrogen-bond donors (Lipinski definition) is 2. The number of thiol groups is 1. The van der Waals surface area contributed by atoms with Crippen LogP contribution < -0.4 is 9.62 Å². The third-order valence-electron chi connectivity index (χ3n) is 4.69. The number of likely N-dealkylation sites (N-methyl/N-ethyl adjacent to an activating group) is 1. The van der Waals surface area contributed by atoms with Crippen molar-refractivity contribution in [3.63, 3.8) is 0 Å². The maximum Gasteiger partial charge on any atom is 0.331 e. The summed E-state index contributed by atoms with van der Waals surface area (Å²) in [5, 5.41) is 2.92. The van der Waals surface area contributed by atoms with Gasteiger partial charge in [-0.3, -0.25) is 0 Å². The van der Waals surface area contributed by atoms with Gasteiger partial charge in [0.25, 0.3) is 0 Å².